The number of ether oxygens (including phenoxy) is 1. The van der Waals surface area contributed by atoms with Gasteiger partial charge in [-0.15, -0.1) is 0 Å². The normalized spacial score (nSPS) is 16.2. The highest BCUT2D eigenvalue weighted by Crippen LogP contribution is 2.42. The Labute approximate surface area is 142 Å². The van der Waals surface area contributed by atoms with Crippen LogP contribution in [0.3, 0.4) is 0 Å². The number of esters is 1. The van der Waals surface area contributed by atoms with Crippen molar-refractivity contribution in [2.45, 2.75) is 51.4 Å². The molecule has 24 heavy (non-hydrogen) atoms. The number of benzene rings is 1. The van der Waals surface area contributed by atoms with Crippen LogP contribution in [0.1, 0.15) is 51.5 Å². The highest BCUT2D eigenvalue weighted by molar-refractivity contribution is 5.86. The number of carbonyl (C=O) groups is 2. The van der Waals surface area contributed by atoms with Gasteiger partial charge in [-0.2, -0.15) is 0 Å². The molecular weight excluding hydrogens is 309 g/mol. The fraction of sp³-hybridized carbons (Fsp3) is 0.579. The van der Waals surface area contributed by atoms with Crippen molar-refractivity contribution in [2.24, 2.45) is 5.92 Å². The van der Waals surface area contributed by atoms with Crippen molar-refractivity contribution in [3.8, 4) is 0 Å². The van der Waals surface area contributed by atoms with Gasteiger partial charge in [-0.1, -0.05) is 38.8 Å². The topological polar surface area (TPSA) is 55.4 Å². The predicted octanol–water partition coefficient (Wildman–Crippen LogP) is 3.34. The second kappa shape index (κ2) is 8.27. The Bertz CT molecular complexity index is 562. The molecule has 0 radical (unpaired) electrons. The lowest BCUT2D eigenvalue weighted by Crippen LogP contribution is -2.38. The summed E-state index contributed by atoms with van der Waals surface area (Å²) in [5.74, 6) is -0.486. The molecule has 1 aromatic carbocycles. The molecule has 1 aromatic rings. The average molecular weight is 335 g/mol. The molecule has 1 aliphatic carbocycles. The van der Waals surface area contributed by atoms with Gasteiger partial charge in [0.15, 0.2) is 6.61 Å². The van der Waals surface area contributed by atoms with E-state index in [1.807, 2.05) is 0 Å². The quantitative estimate of drug-likeness (QED) is 0.778. The van der Waals surface area contributed by atoms with Crippen molar-refractivity contribution in [3.05, 3.63) is 35.6 Å². The Morgan fingerprint density at radius 2 is 1.83 bits per heavy atom. The molecule has 0 aromatic heterocycles. The molecule has 0 saturated heterocycles. The van der Waals surface area contributed by atoms with Gasteiger partial charge in [0.1, 0.15) is 5.82 Å². The zero-order valence-corrected chi connectivity index (χ0v) is 14.4. The average Bonchev–Trinajstić information content (AvgIpc) is 3.04. The van der Waals surface area contributed by atoms with Crippen LogP contribution in [-0.4, -0.2) is 25.0 Å². The Morgan fingerprint density at radius 3 is 2.42 bits per heavy atom. The smallest absolute Gasteiger partial charge is 0.317 e. The van der Waals surface area contributed by atoms with E-state index in [1.165, 1.54) is 12.1 Å². The Hall–Kier alpha value is -1.91. The van der Waals surface area contributed by atoms with Crippen LogP contribution in [0.2, 0.25) is 0 Å². The maximum atomic E-state index is 13.2. The molecule has 0 bridgehead atoms. The van der Waals surface area contributed by atoms with Crippen molar-refractivity contribution in [3.63, 3.8) is 0 Å². The summed E-state index contributed by atoms with van der Waals surface area (Å²) in [6, 6.07) is 6.01. The molecule has 1 amide bonds. The number of hydrogen-bond donors (Lipinski definition) is 1. The summed E-state index contributed by atoms with van der Waals surface area (Å²) in [5, 5.41) is 2.75. The van der Waals surface area contributed by atoms with Crippen LogP contribution in [0, 0.1) is 11.7 Å². The summed E-state index contributed by atoms with van der Waals surface area (Å²) >= 11 is 0. The minimum atomic E-state index is -0.744. The number of carbonyl (C=O) groups excluding carboxylic acids is 2. The Kier molecular flexibility index (Phi) is 6.35. The third-order valence-corrected chi connectivity index (χ3v) is 4.62. The molecule has 0 atom stereocenters. The molecule has 2 rings (SSSR count). The zero-order valence-electron chi connectivity index (χ0n) is 14.4. The summed E-state index contributed by atoms with van der Waals surface area (Å²) in [4.78, 5) is 24.4. The minimum Gasteiger partial charge on any atom is -0.455 e. The lowest BCUT2D eigenvalue weighted by atomic mass is 9.79. The SMILES string of the molecule is CC(C)CCNC(=O)COC(=O)C1(c2ccc(F)cc2)CCCC1. The van der Waals surface area contributed by atoms with E-state index < -0.39 is 5.41 Å². The number of rotatable bonds is 7. The standard InChI is InChI=1S/C19H26FNO3/c1-14(2)9-12-21-17(22)13-24-18(23)19(10-3-4-11-19)15-5-7-16(20)8-6-15/h5-8,14H,3-4,9-13H2,1-2H3,(H,21,22). The van der Waals surface area contributed by atoms with Crippen molar-refractivity contribution < 1.29 is 18.7 Å². The van der Waals surface area contributed by atoms with E-state index in [0.717, 1.165) is 24.8 Å². The summed E-state index contributed by atoms with van der Waals surface area (Å²) in [6.07, 6.45) is 4.08. The summed E-state index contributed by atoms with van der Waals surface area (Å²) < 4.78 is 18.4. The third-order valence-electron chi connectivity index (χ3n) is 4.62. The fourth-order valence-corrected chi connectivity index (χ4v) is 3.18. The third kappa shape index (κ3) is 4.56. The largest absolute Gasteiger partial charge is 0.455 e. The number of hydrogen-bond acceptors (Lipinski definition) is 3. The van der Waals surface area contributed by atoms with Crippen molar-refractivity contribution in [2.75, 3.05) is 13.2 Å². The first-order chi connectivity index (χ1) is 11.4. The summed E-state index contributed by atoms with van der Waals surface area (Å²) in [7, 11) is 0. The van der Waals surface area contributed by atoms with Crippen LogP contribution >= 0.6 is 0 Å². The van der Waals surface area contributed by atoms with Crippen LogP contribution in [0.15, 0.2) is 24.3 Å². The van der Waals surface area contributed by atoms with Gasteiger partial charge in [0, 0.05) is 6.54 Å². The first-order valence-electron chi connectivity index (χ1n) is 8.64. The molecule has 4 nitrogen and oxygen atoms in total. The first kappa shape index (κ1) is 18.4. The number of nitrogens with one attached hydrogen (secondary N) is 1. The summed E-state index contributed by atoms with van der Waals surface area (Å²) in [6.45, 7) is 4.48. The molecule has 0 aliphatic heterocycles. The van der Waals surface area contributed by atoms with Gasteiger partial charge in [-0.25, -0.2) is 4.39 Å². The van der Waals surface area contributed by atoms with E-state index in [0.29, 0.717) is 25.3 Å². The van der Waals surface area contributed by atoms with Crippen LogP contribution < -0.4 is 5.32 Å². The fourth-order valence-electron chi connectivity index (χ4n) is 3.18. The molecule has 1 saturated carbocycles. The number of amides is 1. The van der Waals surface area contributed by atoms with Crippen LogP contribution in [0.4, 0.5) is 4.39 Å². The molecule has 5 heteroatoms. The van der Waals surface area contributed by atoms with E-state index >= 15 is 0 Å². The molecular formula is C19H26FNO3. The van der Waals surface area contributed by atoms with E-state index in [1.54, 1.807) is 12.1 Å². The van der Waals surface area contributed by atoms with Crippen molar-refractivity contribution >= 4 is 11.9 Å². The second-order valence-electron chi connectivity index (χ2n) is 6.90. The predicted molar refractivity (Wildman–Crippen MR) is 90.0 cm³/mol. The van der Waals surface area contributed by atoms with Gasteiger partial charge in [-0.05, 0) is 42.9 Å². The molecule has 1 fully saturated rings. The number of halogens is 1. The monoisotopic (exact) mass is 335 g/mol. The molecule has 1 N–H and O–H groups in total. The molecule has 0 heterocycles. The van der Waals surface area contributed by atoms with Gasteiger partial charge < -0.3 is 10.1 Å². The highest BCUT2D eigenvalue weighted by Gasteiger charge is 2.44. The van der Waals surface area contributed by atoms with Crippen molar-refractivity contribution in [1.82, 2.24) is 5.32 Å². The molecule has 0 spiro atoms. The lowest BCUT2D eigenvalue weighted by Gasteiger charge is -2.27. The molecule has 132 valence electrons. The first-order valence-corrected chi connectivity index (χ1v) is 8.64. The lowest BCUT2D eigenvalue weighted by molar-refractivity contribution is -0.154. The van der Waals surface area contributed by atoms with E-state index in [4.69, 9.17) is 4.74 Å². The van der Waals surface area contributed by atoms with Gasteiger partial charge in [0.2, 0.25) is 0 Å². The summed E-state index contributed by atoms with van der Waals surface area (Å²) in [5.41, 5.74) is 0.0259. The second-order valence-corrected chi connectivity index (χ2v) is 6.90. The molecule has 1 aliphatic rings. The van der Waals surface area contributed by atoms with Crippen LogP contribution in [-0.2, 0) is 19.7 Å². The van der Waals surface area contributed by atoms with Gasteiger partial charge in [-0.3, -0.25) is 9.59 Å². The highest BCUT2D eigenvalue weighted by atomic mass is 19.1. The van der Waals surface area contributed by atoms with E-state index in [-0.39, 0.29) is 24.3 Å². The minimum absolute atomic E-state index is 0.264. The van der Waals surface area contributed by atoms with Crippen LogP contribution in [0.5, 0.6) is 0 Å². The van der Waals surface area contributed by atoms with Crippen molar-refractivity contribution in [1.29, 1.82) is 0 Å². The van der Waals surface area contributed by atoms with Gasteiger partial charge in [0.25, 0.3) is 5.91 Å². The Balaban J connectivity index is 1.95. The molecule has 0 unspecified atom stereocenters. The van der Waals surface area contributed by atoms with Gasteiger partial charge in [0.05, 0.1) is 5.41 Å². The van der Waals surface area contributed by atoms with E-state index in [9.17, 15) is 14.0 Å². The zero-order chi connectivity index (χ0) is 17.6. The van der Waals surface area contributed by atoms with E-state index in [2.05, 4.69) is 19.2 Å². The maximum absolute atomic E-state index is 13.2. The van der Waals surface area contributed by atoms with Gasteiger partial charge >= 0.3 is 5.97 Å². The van der Waals surface area contributed by atoms with Crippen LogP contribution in [0.25, 0.3) is 0 Å². The Morgan fingerprint density at radius 1 is 1.21 bits per heavy atom. The maximum Gasteiger partial charge on any atom is 0.317 e.